The molecule has 0 amide bonds. The van der Waals surface area contributed by atoms with Gasteiger partial charge in [0.15, 0.2) is 17.5 Å². The molecule has 98 valence electrons. The Morgan fingerprint density at radius 3 is 1.70 bits per heavy atom. The first-order chi connectivity index (χ1) is 9.51. The quantitative estimate of drug-likeness (QED) is 0.589. The highest BCUT2D eigenvalue weighted by molar-refractivity contribution is 5.69. The Bertz CT molecular complexity index is 768. The molecule has 0 saturated heterocycles. The summed E-state index contributed by atoms with van der Waals surface area (Å²) >= 11 is 0. The van der Waals surface area contributed by atoms with Crippen molar-refractivity contribution < 1.29 is 17.6 Å². The molecule has 20 heavy (non-hydrogen) atoms. The molecule has 0 bridgehead atoms. The molecule has 2 aromatic carbocycles. The average Bonchev–Trinajstić information content (AvgIpc) is 2.44. The number of nitriles is 2. The van der Waals surface area contributed by atoms with Gasteiger partial charge in [-0.05, 0) is 17.7 Å². The second-order valence-corrected chi connectivity index (χ2v) is 3.80. The van der Waals surface area contributed by atoms with Gasteiger partial charge in [0.25, 0.3) is 0 Å². The third kappa shape index (κ3) is 1.98. The van der Waals surface area contributed by atoms with Crippen LogP contribution in [0.4, 0.5) is 17.6 Å². The van der Waals surface area contributed by atoms with Crippen LogP contribution in [0, 0.1) is 45.9 Å². The van der Waals surface area contributed by atoms with Crippen molar-refractivity contribution in [3.8, 4) is 23.3 Å². The van der Waals surface area contributed by atoms with Gasteiger partial charge in [0.2, 0.25) is 0 Å². The summed E-state index contributed by atoms with van der Waals surface area (Å²) in [6.07, 6.45) is 0. The van der Waals surface area contributed by atoms with Crippen LogP contribution in [0.15, 0.2) is 24.3 Å². The molecule has 0 aliphatic heterocycles. The summed E-state index contributed by atoms with van der Waals surface area (Å²) in [7, 11) is 0. The van der Waals surface area contributed by atoms with Crippen LogP contribution >= 0.6 is 0 Å². The Hall–Kier alpha value is -2.86. The molecule has 0 heterocycles. The van der Waals surface area contributed by atoms with E-state index in [1.54, 1.807) is 0 Å². The first-order valence-corrected chi connectivity index (χ1v) is 5.27. The van der Waals surface area contributed by atoms with E-state index in [0.717, 1.165) is 24.3 Å². The normalized spacial score (nSPS) is 9.90. The number of benzene rings is 2. The lowest BCUT2D eigenvalue weighted by molar-refractivity contribution is 0.495. The van der Waals surface area contributed by atoms with Crippen LogP contribution < -0.4 is 0 Å². The van der Waals surface area contributed by atoms with Crippen molar-refractivity contribution in [3.63, 3.8) is 0 Å². The second-order valence-electron chi connectivity index (χ2n) is 3.80. The number of rotatable bonds is 1. The summed E-state index contributed by atoms with van der Waals surface area (Å²) in [6.45, 7) is 0. The molecule has 0 radical (unpaired) electrons. The molecule has 0 aliphatic rings. The van der Waals surface area contributed by atoms with Crippen LogP contribution in [0.25, 0.3) is 11.1 Å². The minimum atomic E-state index is -1.61. The summed E-state index contributed by atoms with van der Waals surface area (Å²) in [6, 6.07) is 6.54. The van der Waals surface area contributed by atoms with E-state index in [9.17, 15) is 17.6 Å². The van der Waals surface area contributed by atoms with E-state index in [-0.39, 0.29) is 5.56 Å². The second kappa shape index (κ2) is 5.02. The number of halogens is 4. The maximum absolute atomic E-state index is 14.1. The van der Waals surface area contributed by atoms with E-state index in [0.29, 0.717) is 0 Å². The standard InChI is InChI=1S/C14H4F4N2/c15-8-3-1-7(2-4-8)11-12(16)9(5-19)10(6-20)13(17)14(11)18/h1-4H. The number of hydrogen-bond donors (Lipinski definition) is 0. The highest BCUT2D eigenvalue weighted by Gasteiger charge is 2.25. The third-order valence-corrected chi connectivity index (χ3v) is 2.68. The Kier molecular flexibility index (Phi) is 3.41. The van der Waals surface area contributed by atoms with Crippen LogP contribution in [0.5, 0.6) is 0 Å². The van der Waals surface area contributed by atoms with Gasteiger partial charge in [-0.3, -0.25) is 0 Å². The van der Waals surface area contributed by atoms with E-state index in [1.165, 1.54) is 12.1 Å². The van der Waals surface area contributed by atoms with Crippen LogP contribution in [0.2, 0.25) is 0 Å². The van der Waals surface area contributed by atoms with Gasteiger partial charge in [-0.25, -0.2) is 17.6 Å². The lowest BCUT2D eigenvalue weighted by atomic mass is 9.97. The van der Waals surface area contributed by atoms with E-state index in [1.807, 2.05) is 0 Å². The average molecular weight is 276 g/mol. The fourth-order valence-corrected chi connectivity index (χ4v) is 1.74. The number of nitrogens with zero attached hydrogens (tertiary/aromatic N) is 2. The predicted molar refractivity (Wildman–Crippen MR) is 61.1 cm³/mol. The Labute approximate surface area is 111 Å². The predicted octanol–water partition coefficient (Wildman–Crippen LogP) is 3.65. The van der Waals surface area contributed by atoms with Crippen LogP contribution in [0.1, 0.15) is 11.1 Å². The first kappa shape index (κ1) is 13.6. The molecule has 0 atom stereocenters. The lowest BCUT2D eigenvalue weighted by Crippen LogP contribution is -2.03. The molecule has 2 nitrogen and oxygen atoms in total. The molecule has 6 heteroatoms. The summed E-state index contributed by atoms with van der Waals surface area (Å²) in [5.74, 6) is -5.19. The smallest absolute Gasteiger partial charge is 0.178 e. The van der Waals surface area contributed by atoms with Crippen molar-refractivity contribution in [2.24, 2.45) is 0 Å². The summed E-state index contributed by atoms with van der Waals surface area (Å²) in [5.41, 5.74) is -2.82. The molecule has 0 N–H and O–H groups in total. The Balaban J connectivity index is 2.85. The van der Waals surface area contributed by atoms with Gasteiger partial charge in [0.1, 0.15) is 29.1 Å². The van der Waals surface area contributed by atoms with Gasteiger partial charge < -0.3 is 0 Å². The molecular weight excluding hydrogens is 272 g/mol. The minimum absolute atomic E-state index is 0.138. The molecule has 0 unspecified atom stereocenters. The summed E-state index contributed by atoms with van der Waals surface area (Å²) in [4.78, 5) is 0. The van der Waals surface area contributed by atoms with Crippen molar-refractivity contribution >= 4 is 0 Å². The molecule has 0 saturated carbocycles. The molecule has 0 aliphatic carbocycles. The van der Waals surface area contributed by atoms with E-state index >= 15 is 0 Å². The van der Waals surface area contributed by atoms with Crippen molar-refractivity contribution in [2.45, 2.75) is 0 Å². The van der Waals surface area contributed by atoms with Gasteiger partial charge in [-0.1, -0.05) is 12.1 Å². The van der Waals surface area contributed by atoms with Gasteiger partial charge in [-0.15, -0.1) is 0 Å². The molecule has 2 rings (SSSR count). The van der Waals surface area contributed by atoms with Gasteiger partial charge in [0, 0.05) is 0 Å². The monoisotopic (exact) mass is 276 g/mol. The fraction of sp³-hybridized carbons (Fsp3) is 0. The van der Waals surface area contributed by atoms with Crippen LogP contribution in [-0.2, 0) is 0 Å². The molecule has 0 spiro atoms. The zero-order chi connectivity index (χ0) is 14.9. The molecular formula is C14H4F4N2. The minimum Gasteiger partial charge on any atom is -0.207 e. The zero-order valence-corrected chi connectivity index (χ0v) is 9.72. The van der Waals surface area contributed by atoms with Crippen molar-refractivity contribution in [1.29, 1.82) is 10.5 Å². The van der Waals surface area contributed by atoms with Gasteiger partial charge >= 0.3 is 0 Å². The van der Waals surface area contributed by atoms with Crippen molar-refractivity contribution in [1.82, 2.24) is 0 Å². The highest BCUT2D eigenvalue weighted by atomic mass is 19.2. The summed E-state index contributed by atoms with van der Waals surface area (Å²) in [5, 5.41) is 17.4. The Morgan fingerprint density at radius 2 is 1.20 bits per heavy atom. The zero-order valence-electron chi connectivity index (χ0n) is 9.72. The topological polar surface area (TPSA) is 47.6 Å². The van der Waals surface area contributed by atoms with E-state index in [4.69, 9.17) is 10.5 Å². The lowest BCUT2D eigenvalue weighted by Gasteiger charge is -2.09. The van der Waals surface area contributed by atoms with E-state index in [2.05, 4.69) is 0 Å². The maximum atomic E-state index is 14.1. The molecule has 0 aromatic heterocycles. The van der Waals surface area contributed by atoms with Crippen molar-refractivity contribution in [3.05, 3.63) is 58.7 Å². The van der Waals surface area contributed by atoms with Gasteiger partial charge in [-0.2, -0.15) is 10.5 Å². The number of hydrogen-bond acceptors (Lipinski definition) is 2. The first-order valence-electron chi connectivity index (χ1n) is 5.27. The largest absolute Gasteiger partial charge is 0.207 e. The molecule has 2 aromatic rings. The highest BCUT2D eigenvalue weighted by Crippen LogP contribution is 2.32. The van der Waals surface area contributed by atoms with Gasteiger partial charge in [0.05, 0.1) is 5.56 Å². The van der Waals surface area contributed by atoms with Crippen LogP contribution in [-0.4, -0.2) is 0 Å². The van der Waals surface area contributed by atoms with Crippen molar-refractivity contribution in [2.75, 3.05) is 0 Å². The maximum Gasteiger partial charge on any atom is 0.178 e. The molecule has 0 fully saturated rings. The van der Waals surface area contributed by atoms with Crippen LogP contribution in [0.3, 0.4) is 0 Å². The Morgan fingerprint density at radius 1 is 0.700 bits per heavy atom. The van der Waals surface area contributed by atoms with E-state index < -0.39 is 40.0 Å². The SMILES string of the molecule is N#Cc1c(F)c(F)c(-c2ccc(F)cc2)c(F)c1C#N. The third-order valence-electron chi connectivity index (χ3n) is 2.68. The fourth-order valence-electron chi connectivity index (χ4n) is 1.74. The summed E-state index contributed by atoms with van der Waals surface area (Å²) < 4.78 is 54.4.